The van der Waals surface area contributed by atoms with Gasteiger partial charge in [-0.3, -0.25) is 0 Å². The molecule has 0 radical (unpaired) electrons. The van der Waals surface area contributed by atoms with E-state index in [1.807, 2.05) is 19.1 Å². The molecule has 1 aromatic carbocycles. The Labute approximate surface area is 103 Å². The summed E-state index contributed by atoms with van der Waals surface area (Å²) >= 11 is 0. The fourth-order valence-corrected chi connectivity index (χ4v) is 1.94. The number of hydrogen-bond donors (Lipinski definition) is 2. The van der Waals surface area contributed by atoms with E-state index in [9.17, 15) is 5.11 Å². The van der Waals surface area contributed by atoms with Crippen molar-refractivity contribution in [2.75, 3.05) is 7.11 Å². The molecule has 0 unspecified atom stereocenters. The molecule has 0 saturated carbocycles. The van der Waals surface area contributed by atoms with E-state index >= 15 is 0 Å². The number of nitrogens with zero attached hydrogens (tertiary/aromatic N) is 1. The second kappa shape index (κ2) is 3.80. The van der Waals surface area contributed by atoms with Crippen LogP contribution < -0.4 is 4.74 Å². The Morgan fingerprint density at radius 3 is 2.89 bits per heavy atom. The van der Waals surface area contributed by atoms with Gasteiger partial charge in [0.05, 0.1) is 7.11 Å². The van der Waals surface area contributed by atoms with Gasteiger partial charge >= 0.3 is 0 Å². The smallest absolute Gasteiger partial charge is 0.185 e. The molecule has 0 aliphatic rings. The lowest BCUT2D eigenvalue weighted by atomic mass is 10.1. The third-order valence-corrected chi connectivity index (χ3v) is 2.91. The van der Waals surface area contributed by atoms with E-state index in [2.05, 4.69) is 10.1 Å². The summed E-state index contributed by atoms with van der Waals surface area (Å²) in [6.45, 7) is 1.88. The zero-order valence-corrected chi connectivity index (χ0v) is 10.0. The van der Waals surface area contributed by atoms with Gasteiger partial charge in [-0.05, 0) is 25.1 Å². The van der Waals surface area contributed by atoms with Gasteiger partial charge in [-0.1, -0.05) is 5.16 Å². The fraction of sp³-hybridized carbons (Fsp3) is 0.154. The van der Waals surface area contributed by atoms with E-state index in [4.69, 9.17) is 9.26 Å². The van der Waals surface area contributed by atoms with Gasteiger partial charge in [0.15, 0.2) is 17.1 Å². The second-order valence-corrected chi connectivity index (χ2v) is 4.08. The number of phenolic OH excluding ortho intramolecular Hbond substituents is 1. The van der Waals surface area contributed by atoms with Gasteiger partial charge in [0.1, 0.15) is 11.2 Å². The van der Waals surface area contributed by atoms with Crippen LogP contribution in [0.25, 0.3) is 22.4 Å². The first-order valence-electron chi connectivity index (χ1n) is 5.51. The highest BCUT2D eigenvalue weighted by Gasteiger charge is 2.11. The van der Waals surface area contributed by atoms with Crippen LogP contribution in [0.15, 0.2) is 28.8 Å². The molecule has 0 saturated heterocycles. The molecule has 92 valence electrons. The molecule has 2 aromatic heterocycles. The largest absolute Gasteiger partial charge is 0.504 e. The van der Waals surface area contributed by atoms with E-state index in [-0.39, 0.29) is 5.75 Å². The maximum absolute atomic E-state index is 9.56. The summed E-state index contributed by atoms with van der Waals surface area (Å²) in [5.41, 5.74) is 4.23. The predicted molar refractivity (Wildman–Crippen MR) is 66.7 cm³/mol. The lowest BCUT2D eigenvalue weighted by molar-refractivity contribution is 0.373. The van der Waals surface area contributed by atoms with Crippen molar-refractivity contribution in [1.29, 1.82) is 0 Å². The van der Waals surface area contributed by atoms with Crippen LogP contribution >= 0.6 is 0 Å². The molecule has 3 aromatic rings. The van der Waals surface area contributed by atoms with Crippen LogP contribution in [0.4, 0.5) is 0 Å². The van der Waals surface area contributed by atoms with Crippen molar-refractivity contribution in [2.45, 2.75) is 6.92 Å². The molecular weight excluding hydrogens is 232 g/mol. The van der Waals surface area contributed by atoms with Crippen molar-refractivity contribution < 1.29 is 14.4 Å². The zero-order chi connectivity index (χ0) is 12.7. The van der Waals surface area contributed by atoms with E-state index in [1.165, 1.54) is 7.11 Å². The van der Waals surface area contributed by atoms with Crippen LogP contribution in [0.3, 0.4) is 0 Å². The normalized spacial score (nSPS) is 11.0. The number of aromatic nitrogens is 2. The topological polar surface area (TPSA) is 71.3 Å². The summed E-state index contributed by atoms with van der Waals surface area (Å²) in [6, 6.07) is 7.05. The minimum Gasteiger partial charge on any atom is -0.504 e. The van der Waals surface area contributed by atoms with Gasteiger partial charge in [-0.25, -0.2) is 0 Å². The van der Waals surface area contributed by atoms with Crippen molar-refractivity contribution in [3.05, 3.63) is 30.0 Å². The van der Waals surface area contributed by atoms with Crippen molar-refractivity contribution in [3.63, 3.8) is 0 Å². The lowest BCUT2D eigenvalue weighted by Crippen LogP contribution is -1.85. The number of rotatable bonds is 2. The first kappa shape index (κ1) is 10.7. The number of phenols is 1. The van der Waals surface area contributed by atoms with Crippen molar-refractivity contribution in [3.8, 4) is 22.8 Å². The summed E-state index contributed by atoms with van der Waals surface area (Å²) in [5.74, 6) is 0.558. The Hall–Kier alpha value is -2.43. The number of fused-ring (bicyclic) bond motifs is 1. The number of methoxy groups -OCH3 is 1. The van der Waals surface area contributed by atoms with E-state index in [0.29, 0.717) is 5.75 Å². The Morgan fingerprint density at radius 1 is 1.33 bits per heavy atom. The SMILES string of the molecule is COc1cc(-c2cc3onc(C)c3[nH]2)ccc1O. The first-order valence-corrected chi connectivity index (χ1v) is 5.51. The van der Waals surface area contributed by atoms with Crippen LogP contribution in [-0.2, 0) is 0 Å². The maximum atomic E-state index is 9.56. The Balaban J connectivity index is 2.13. The molecule has 0 atom stereocenters. The molecule has 0 aliphatic carbocycles. The standard InChI is InChI=1S/C13H12N2O3/c1-7-13-12(18-15-7)6-9(14-13)8-3-4-10(16)11(5-8)17-2/h3-6,14,16H,1-2H3. The van der Waals surface area contributed by atoms with Gasteiger partial charge < -0.3 is 19.4 Å². The molecule has 18 heavy (non-hydrogen) atoms. The van der Waals surface area contributed by atoms with Gasteiger partial charge in [0.2, 0.25) is 0 Å². The van der Waals surface area contributed by atoms with Crippen molar-refractivity contribution >= 4 is 11.1 Å². The summed E-state index contributed by atoms with van der Waals surface area (Å²) < 4.78 is 10.3. The molecular formula is C13H12N2O3. The fourth-order valence-electron chi connectivity index (χ4n) is 1.94. The van der Waals surface area contributed by atoms with Crippen LogP contribution in [0.5, 0.6) is 11.5 Å². The number of aromatic hydroxyl groups is 1. The lowest BCUT2D eigenvalue weighted by Gasteiger charge is -2.05. The third-order valence-electron chi connectivity index (χ3n) is 2.91. The van der Waals surface area contributed by atoms with E-state index in [1.54, 1.807) is 12.1 Å². The number of aryl methyl sites for hydroxylation is 1. The molecule has 0 aliphatic heterocycles. The average Bonchev–Trinajstić information content (AvgIpc) is 2.93. The first-order chi connectivity index (χ1) is 8.69. The van der Waals surface area contributed by atoms with Gasteiger partial charge in [0, 0.05) is 17.3 Å². The molecule has 5 heteroatoms. The van der Waals surface area contributed by atoms with E-state index in [0.717, 1.165) is 28.1 Å². The molecule has 0 bridgehead atoms. The molecule has 3 rings (SSSR count). The van der Waals surface area contributed by atoms with Crippen molar-refractivity contribution in [1.82, 2.24) is 10.1 Å². The zero-order valence-electron chi connectivity index (χ0n) is 10.0. The highest BCUT2D eigenvalue weighted by atomic mass is 16.5. The maximum Gasteiger partial charge on any atom is 0.185 e. The van der Waals surface area contributed by atoms with Crippen LogP contribution in [0.1, 0.15) is 5.69 Å². The van der Waals surface area contributed by atoms with Crippen molar-refractivity contribution in [2.24, 2.45) is 0 Å². The summed E-state index contributed by atoms with van der Waals surface area (Å²) in [6.07, 6.45) is 0. The highest BCUT2D eigenvalue weighted by Crippen LogP contribution is 2.32. The Bertz CT molecular complexity index is 712. The minimum absolute atomic E-state index is 0.120. The summed E-state index contributed by atoms with van der Waals surface area (Å²) in [5, 5.41) is 13.4. The number of aromatic amines is 1. The third kappa shape index (κ3) is 1.52. The monoisotopic (exact) mass is 244 g/mol. The number of H-pyrrole nitrogens is 1. The highest BCUT2D eigenvalue weighted by molar-refractivity contribution is 5.83. The van der Waals surface area contributed by atoms with Crippen LogP contribution in [0, 0.1) is 6.92 Å². The number of benzene rings is 1. The Morgan fingerprint density at radius 2 is 2.17 bits per heavy atom. The van der Waals surface area contributed by atoms with E-state index < -0.39 is 0 Å². The number of nitrogens with one attached hydrogen (secondary N) is 1. The Kier molecular flexibility index (Phi) is 2.26. The average molecular weight is 244 g/mol. The quantitative estimate of drug-likeness (QED) is 0.727. The van der Waals surface area contributed by atoms with Crippen LogP contribution in [0.2, 0.25) is 0 Å². The minimum atomic E-state index is 0.120. The second-order valence-electron chi connectivity index (χ2n) is 4.08. The molecule has 2 N–H and O–H groups in total. The molecule has 5 nitrogen and oxygen atoms in total. The molecule has 0 amide bonds. The molecule has 0 spiro atoms. The number of hydrogen-bond acceptors (Lipinski definition) is 4. The van der Waals surface area contributed by atoms with Gasteiger partial charge in [0.25, 0.3) is 0 Å². The van der Waals surface area contributed by atoms with Gasteiger partial charge in [-0.2, -0.15) is 0 Å². The van der Waals surface area contributed by atoms with Gasteiger partial charge in [-0.15, -0.1) is 0 Å². The number of ether oxygens (including phenoxy) is 1. The van der Waals surface area contributed by atoms with Crippen LogP contribution in [-0.4, -0.2) is 22.4 Å². The summed E-state index contributed by atoms with van der Waals surface area (Å²) in [7, 11) is 1.52. The molecule has 2 heterocycles. The summed E-state index contributed by atoms with van der Waals surface area (Å²) in [4.78, 5) is 3.24. The molecule has 0 fully saturated rings. The predicted octanol–water partition coefficient (Wildman–Crippen LogP) is 2.85.